The Morgan fingerprint density at radius 3 is 2.35 bits per heavy atom. The van der Waals surface area contributed by atoms with Gasteiger partial charge in [-0.2, -0.15) is 0 Å². The van der Waals surface area contributed by atoms with Gasteiger partial charge < -0.3 is 9.47 Å². The predicted octanol–water partition coefficient (Wildman–Crippen LogP) is 6.10. The van der Waals surface area contributed by atoms with Gasteiger partial charge in [-0.05, 0) is 60.5 Å². The van der Waals surface area contributed by atoms with E-state index in [2.05, 4.69) is 20.9 Å². The fourth-order valence-electron chi connectivity index (χ4n) is 4.54. The van der Waals surface area contributed by atoms with Crippen molar-refractivity contribution in [1.29, 1.82) is 0 Å². The number of hydrogen-bond donors (Lipinski definition) is 0. The number of hydrogen-bond acceptors (Lipinski definition) is 3. The lowest BCUT2D eigenvalue weighted by atomic mass is 10.1. The van der Waals surface area contributed by atoms with Crippen molar-refractivity contribution >= 4 is 17.4 Å². The standard InChI is InChI=1S/C27H25ClF2N4/c1-19-21(18-32-12-14-33(15-13-32)27-4-2-3-11-31-27)16-26(20-5-7-22(28)8-6-20)34(19)25-10-9-23(29)17-24(25)30/h2-11,16-17H,12-15,18H2,1H3. The number of rotatable bonds is 5. The van der Waals surface area contributed by atoms with Gasteiger partial charge in [-0.3, -0.25) is 4.90 Å². The smallest absolute Gasteiger partial charge is 0.150 e. The van der Waals surface area contributed by atoms with Gasteiger partial charge >= 0.3 is 0 Å². The van der Waals surface area contributed by atoms with E-state index in [0.717, 1.165) is 67.1 Å². The molecule has 1 aliphatic rings. The molecule has 0 amide bonds. The molecule has 34 heavy (non-hydrogen) atoms. The van der Waals surface area contributed by atoms with Crippen LogP contribution in [0.15, 0.2) is 72.9 Å². The zero-order valence-electron chi connectivity index (χ0n) is 18.9. The minimum atomic E-state index is -0.593. The Balaban J connectivity index is 1.45. The quantitative estimate of drug-likeness (QED) is 0.346. The summed E-state index contributed by atoms with van der Waals surface area (Å²) in [5, 5.41) is 0.637. The molecule has 0 aliphatic carbocycles. The average molecular weight is 479 g/mol. The maximum Gasteiger partial charge on any atom is 0.150 e. The highest BCUT2D eigenvalue weighted by atomic mass is 35.5. The van der Waals surface area contributed by atoms with Gasteiger partial charge in [0.2, 0.25) is 0 Å². The molecule has 174 valence electrons. The Morgan fingerprint density at radius 2 is 1.68 bits per heavy atom. The fraction of sp³-hybridized carbons (Fsp3) is 0.222. The minimum absolute atomic E-state index is 0.329. The first-order valence-electron chi connectivity index (χ1n) is 11.3. The van der Waals surface area contributed by atoms with E-state index in [-0.39, 0.29) is 0 Å². The van der Waals surface area contributed by atoms with Gasteiger partial charge in [-0.25, -0.2) is 13.8 Å². The number of piperazine rings is 1. The van der Waals surface area contributed by atoms with Gasteiger partial charge in [0.1, 0.15) is 17.5 Å². The first-order valence-corrected chi connectivity index (χ1v) is 11.7. The van der Waals surface area contributed by atoms with Crippen LogP contribution in [0.25, 0.3) is 16.9 Å². The lowest BCUT2D eigenvalue weighted by Gasteiger charge is -2.35. The van der Waals surface area contributed by atoms with Crippen LogP contribution >= 0.6 is 11.6 Å². The van der Waals surface area contributed by atoms with E-state index in [4.69, 9.17) is 11.6 Å². The van der Waals surface area contributed by atoms with Crippen LogP contribution in [0, 0.1) is 18.6 Å². The Morgan fingerprint density at radius 1 is 0.912 bits per heavy atom. The molecule has 1 aliphatic heterocycles. The van der Waals surface area contributed by atoms with Crippen molar-refractivity contribution in [3.8, 4) is 16.9 Å². The van der Waals surface area contributed by atoms with E-state index in [9.17, 15) is 8.78 Å². The number of nitrogens with zero attached hydrogens (tertiary/aromatic N) is 4. The molecular formula is C27H25ClF2N4. The maximum absolute atomic E-state index is 14.8. The van der Waals surface area contributed by atoms with Crippen LogP contribution < -0.4 is 4.90 Å². The van der Waals surface area contributed by atoms with Crippen LogP contribution in [0.2, 0.25) is 5.02 Å². The fourth-order valence-corrected chi connectivity index (χ4v) is 4.67. The summed E-state index contributed by atoms with van der Waals surface area (Å²) in [6, 6.07) is 19.3. The first kappa shape index (κ1) is 22.6. The summed E-state index contributed by atoms with van der Waals surface area (Å²) in [5.41, 5.74) is 4.14. The van der Waals surface area contributed by atoms with Crippen LogP contribution in [0.3, 0.4) is 0 Å². The van der Waals surface area contributed by atoms with Crippen molar-refractivity contribution < 1.29 is 8.78 Å². The highest BCUT2D eigenvalue weighted by Gasteiger charge is 2.22. The predicted molar refractivity (Wildman–Crippen MR) is 133 cm³/mol. The van der Waals surface area contributed by atoms with Crippen LogP contribution in [0.1, 0.15) is 11.3 Å². The molecule has 0 spiro atoms. The number of benzene rings is 2. The lowest BCUT2D eigenvalue weighted by Crippen LogP contribution is -2.46. The van der Waals surface area contributed by atoms with E-state index in [1.54, 1.807) is 0 Å². The molecular weight excluding hydrogens is 454 g/mol. The van der Waals surface area contributed by atoms with Gasteiger partial charge in [0.05, 0.1) is 11.4 Å². The highest BCUT2D eigenvalue weighted by Crippen LogP contribution is 2.32. The molecule has 0 unspecified atom stereocenters. The van der Waals surface area contributed by atoms with Gasteiger partial charge in [-0.1, -0.05) is 29.8 Å². The third kappa shape index (κ3) is 4.56. The summed E-state index contributed by atoms with van der Waals surface area (Å²) in [6.07, 6.45) is 1.82. The van der Waals surface area contributed by atoms with Crippen LogP contribution in [-0.4, -0.2) is 40.6 Å². The van der Waals surface area contributed by atoms with E-state index in [0.29, 0.717) is 10.7 Å². The SMILES string of the molecule is Cc1c(CN2CCN(c3ccccn3)CC2)cc(-c2ccc(Cl)cc2)n1-c1ccc(F)cc1F. The largest absolute Gasteiger partial charge is 0.354 e. The molecule has 0 saturated carbocycles. The zero-order valence-corrected chi connectivity index (χ0v) is 19.6. The first-order chi connectivity index (χ1) is 16.5. The number of aromatic nitrogens is 2. The molecule has 4 aromatic rings. The molecule has 1 fully saturated rings. The van der Waals surface area contributed by atoms with Gasteiger partial charge in [0.25, 0.3) is 0 Å². The zero-order chi connectivity index (χ0) is 23.7. The van der Waals surface area contributed by atoms with Crippen LogP contribution in [0.5, 0.6) is 0 Å². The molecule has 3 heterocycles. The Kier molecular flexibility index (Phi) is 6.35. The third-order valence-corrected chi connectivity index (χ3v) is 6.63. The summed E-state index contributed by atoms with van der Waals surface area (Å²) in [6.45, 7) is 6.34. The minimum Gasteiger partial charge on any atom is -0.354 e. The molecule has 5 rings (SSSR count). The van der Waals surface area contributed by atoms with Crippen molar-refractivity contribution in [1.82, 2.24) is 14.5 Å². The van der Waals surface area contributed by atoms with Crippen LogP contribution in [-0.2, 0) is 6.54 Å². The molecule has 1 saturated heterocycles. The summed E-state index contributed by atoms with van der Waals surface area (Å²) < 4.78 is 30.3. The lowest BCUT2D eigenvalue weighted by molar-refractivity contribution is 0.249. The summed E-state index contributed by atoms with van der Waals surface area (Å²) in [5.74, 6) is -0.184. The molecule has 7 heteroatoms. The van der Waals surface area contributed by atoms with Gasteiger partial charge in [0.15, 0.2) is 0 Å². The van der Waals surface area contributed by atoms with Crippen molar-refractivity contribution in [2.24, 2.45) is 0 Å². The van der Waals surface area contributed by atoms with Crippen molar-refractivity contribution in [2.45, 2.75) is 13.5 Å². The van der Waals surface area contributed by atoms with E-state index in [1.807, 2.05) is 60.2 Å². The Hall–Kier alpha value is -3.22. The molecule has 2 aromatic carbocycles. The highest BCUT2D eigenvalue weighted by molar-refractivity contribution is 6.30. The molecule has 0 bridgehead atoms. The number of anilines is 1. The maximum atomic E-state index is 14.8. The number of halogens is 3. The van der Waals surface area contributed by atoms with E-state index in [1.165, 1.54) is 12.1 Å². The second kappa shape index (κ2) is 9.57. The van der Waals surface area contributed by atoms with Gasteiger partial charge in [-0.15, -0.1) is 0 Å². The van der Waals surface area contributed by atoms with Crippen molar-refractivity contribution in [3.63, 3.8) is 0 Å². The second-order valence-corrected chi connectivity index (χ2v) is 8.97. The van der Waals surface area contributed by atoms with Crippen LogP contribution in [0.4, 0.5) is 14.6 Å². The van der Waals surface area contributed by atoms with Crippen molar-refractivity contribution in [3.05, 3.63) is 101 Å². The number of pyridine rings is 1. The Bertz CT molecular complexity index is 1280. The molecule has 0 radical (unpaired) electrons. The van der Waals surface area contributed by atoms with Crippen molar-refractivity contribution in [2.75, 3.05) is 31.1 Å². The van der Waals surface area contributed by atoms with Gasteiger partial charge in [0, 0.05) is 55.7 Å². The molecule has 4 nitrogen and oxygen atoms in total. The molecule has 2 aromatic heterocycles. The summed E-state index contributed by atoms with van der Waals surface area (Å²) in [7, 11) is 0. The molecule has 0 N–H and O–H groups in total. The topological polar surface area (TPSA) is 24.3 Å². The normalized spacial score (nSPS) is 14.5. The summed E-state index contributed by atoms with van der Waals surface area (Å²) >= 11 is 6.10. The second-order valence-electron chi connectivity index (χ2n) is 8.53. The van der Waals surface area contributed by atoms with E-state index >= 15 is 0 Å². The van der Waals surface area contributed by atoms with E-state index < -0.39 is 11.6 Å². The average Bonchev–Trinajstić information content (AvgIpc) is 3.16. The summed E-state index contributed by atoms with van der Waals surface area (Å²) in [4.78, 5) is 9.16. The third-order valence-electron chi connectivity index (χ3n) is 6.38. The molecule has 0 atom stereocenters. The Labute approximate surface area is 203 Å². The monoisotopic (exact) mass is 478 g/mol.